The smallest absolute Gasteiger partial charge is 0.410 e. The number of rotatable bonds is 13. The Morgan fingerprint density at radius 1 is 1.09 bits per heavy atom. The number of guanidine groups is 1. The summed E-state index contributed by atoms with van der Waals surface area (Å²) in [5.41, 5.74) is 9.40. The molecular formula is C31H45N5O6S. The molecule has 2 amide bonds. The quantitative estimate of drug-likeness (QED) is 0.176. The number of nitrogens with zero attached hydrogens (tertiary/aromatic N) is 2. The van der Waals surface area contributed by atoms with Crippen LogP contribution < -0.4 is 20.5 Å². The van der Waals surface area contributed by atoms with E-state index < -0.39 is 21.7 Å². The van der Waals surface area contributed by atoms with E-state index in [0.29, 0.717) is 50.0 Å². The molecular weight excluding hydrogens is 570 g/mol. The molecule has 0 saturated heterocycles. The monoisotopic (exact) mass is 615 g/mol. The Balaban J connectivity index is 1.40. The molecule has 0 unspecified atom stereocenters. The summed E-state index contributed by atoms with van der Waals surface area (Å²) in [4.78, 5) is 30.5. The molecule has 1 aliphatic rings. The average molecular weight is 616 g/mol. The topological polar surface area (TPSA) is 152 Å². The van der Waals surface area contributed by atoms with Gasteiger partial charge in [0.15, 0.2) is 0 Å². The lowest BCUT2D eigenvalue weighted by Crippen LogP contribution is -2.38. The Morgan fingerprint density at radius 3 is 2.47 bits per heavy atom. The van der Waals surface area contributed by atoms with Gasteiger partial charge >= 0.3 is 6.09 Å². The number of nitrogens with one attached hydrogen (secondary N) is 2. The van der Waals surface area contributed by atoms with Crippen LogP contribution in [0.4, 0.5) is 4.79 Å². The highest BCUT2D eigenvalue weighted by atomic mass is 32.2. The van der Waals surface area contributed by atoms with Crippen LogP contribution in [-0.2, 0) is 32.6 Å². The molecule has 1 aliphatic heterocycles. The first-order chi connectivity index (χ1) is 20.3. The highest BCUT2D eigenvalue weighted by molar-refractivity contribution is 7.90. The van der Waals surface area contributed by atoms with Gasteiger partial charge in [-0.2, -0.15) is 0 Å². The summed E-state index contributed by atoms with van der Waals surface area (Å²) < 4.78 is 40.4. The number of benzene rings is 2. The third-order valence-corrected chi connectivity index (χ3v) is 9.07. The number of likely N-dealkylation sites (N-methyl/N-ethyl adjacent to an activating group) is 1. The second-order valence-corrected chi connectivity index (χ2v) is 13.0. The number of fused-ring (bicyclic) bond motifs is 1. The van der Waals surface area contributed by atoms with Crippen molar-refractivity contribution in [3.05, 3.63) is 58.1 Å². The normalized spacial score (nSPS) is 14.0. The zero-order valence-corrected chi connectivity index (χ0v) is 26.9. The van der Waals surface area contributed by atoms with Crippen molar-refractivity contribution in [2.75, 3.05) is 26.2 Å². The minimum atomic E-state index is -3.96. The second-order valence-electron chi connectivity index (χ2n) is 11.3. The third kappa shape index (κ3) is 9.09. The summed E-state index contributed by atoms with van der Waals surface area (Å²) in [5.74, 6) is 0.418. The van der Waals surface area contributed by atoms with Crippen molar-refractivity contribution in [2.45, 2.75) is 84.3 Å². The van der Waals surface area contributed by atoms with Gasteiger partial charge in [0.1, 0.15) is 18.0 Å². The van der Waals surface area contributed by atoms with Crippen LogP contribution in [0.2, 0.25) is 0 Å². The maximum absolute atomic E-state index is 13.3. The molecule has 0 fully saturated rings. The summed E-state index contributed by atoms with van der Waals surface area (Å²) in [6.07, 6.45) is 1.56. The number of ether oxygens (including phenoxy) is 2. The van der Waals surface area contributed by atoms with Gasteiger partial charge in [0, 0.05) is 44.6 Å². The van der Waals surface area contributed by atoms with Gasteiger partial charge in [-0.25, -0.2) is 17.9 Å². The fraction of sp³-hybridized carbons (Fsp3) is 0.516. The molecule has 0 aliphatic carbocycles. The lowest BCUT2D eigenvalue weighted by molar-refractivity contribution is -0.121. The van der Waals surface area contributed by atoms with Crippen molar-refractivity contribution < 1.29 is 27.5 Å². The van der Waals surface area contributed by atoms with Crippen LogP contribution in [0.15, 0.2) is 40.2 Å². The molecule has 0 radical (unpaired) electrons. The van der Waals surface area contributed by atoms with Gasteiger partial charge in [0.05, 0.1) is 4.90 Å². The van der Waals surface area contributed by atoms with Crippen LogP contribution in [0.3, 0.4) is 0 Å². The molecule has 1 heterocycles. The summed E-state index contributed by atoms with van der Waals surface area (Å²) in [7, 11) is -3.96. The molecule has 3 rings (SSSR count). The van der Waals surface area contributed by atoms with Crippen molar-refractivity contribution in [1.82, 2.24) is 14.9 Å². The predicted octanol–water partition coefficient (Wildman–Crippen LogP) is 3.86. The molecule has 4 N–H and O–H groups in total. The van der Waals surface area contributed by atoms with Gasteiger partial charge < -0.3 is 25.4 Å². The first kappa shape index (κ1) is 33.7. The first-order valence-electron chi connectivity index (χ1n) is 14.6. The van der Waals surface area contributed by atoms with Crippen molar-refractivity contribution in [1.29, 1.82) is 0 Å². The molecule has 2 aromatic rings. The molecule has 0 spiro atoms. The number of unbranched alkanes of at least 4 members (excludes halogenated alkanes) is 1. The summed E-state index contributed by atoms with van der Waals surface area (Å²) in [6.45, 7) is 12.8. The van der Waals surface area contributed by atoms with Crippen LogP contribution in [0, 0.1) is 20.8 Å². The van der Waals surface area contributed by atoms with Gasteiger partial charge in [-0.05, 0) is 76.6 Å². The zero-order valence-electron chi connectivity index (χ0n) is 26.1. The summed E-state index contributed by atoms with van der Waals surface area (Å²) in [5, 5.41) is 2.81. The maximum atomic E-state index is 13.3. The van der Waals surface area contributed by atoms with Crippen molar-refractivity contribution in [2.24, 2.45) is 10.7 Å². The van der Waals surface area contributed by atoms with E-state index in [2.05, 4.69) is 15.0 Å². The predicted molar refractivity (Wildman–Crippen MR) is 167 cm³/mol. The fourth-order valence-corrected chi connectivity index (χ4v) is 6.60. The zero-order chi connectivity index (χ0) is 31.8. The molecule has 12 heteroatoms. The van der Waals surface area contributed by atoms with Crippen LogP contribution in [0.25, 0.3) is 0 Å². The molecule has 236 valence electrons. The number of hydrogen-bond acceptors (Lipinski definition) is 7. The summed E-state index contributed by atoms with van der Waals surface area (Å²) >= 11 is 0. The second kappa shape index (κ2) is 14.6. The van der Waals surface area contributed by atoms with Gasteiger partial charge in [-0.3, -0.25) is 9.79 Å². The number of aliphatic imine (C=N–C) groups is 1. The van der Waals surface area contributed by atoms with E-state index in [0.717, 1.165) is 22.4 Å². The van der Waals surface area contributed by atoms with Gasteiger partial charge in [0.25, 0.3) is 10.0 Å². The maximum Gasteiger partial charge on any atom is 0.410 e. The van der Waals surface area contributed by atoms with Gasteiger partial charge in [-0.1, -0.05) is 30.3 Å². The highest BCUT2D eigenvalue weighted by Gasteiger charge is 2.36. The van der Waals surface area contributed by atoms with E-state index >= 15 is 0 Å². The van der Waals surface area contributed by atoms with E-state index in [1.165, 1.54) is 4.90 Å². The van der Waals surface area contributed by atoms with Crippen LogP contribution >= 0.6 is 0 Å². The van der Waals surface area contributed by atoms with Crippen LogP contribution in [-0.4, -0.2) is 63.1 Å². The number of hydrogen-bond donors (Lipinski definition) is 3. The number of sulfonamides is 1. The van der Waals surface area contributed by atoms with Crippen molar-refractivity contribution >= 4 is 28.0 Å². The SMILES string of the molecule is CCN(CCNC(=O)CCCCN=C(N)NS(=O)(=O)c1c(C)c(C)c2c(c1C)CC(C)(C)O2)C(=O)OCc1ccccc1. The molecule has 0 atom stereocenters. The van der Waals surface area contributed by atoms with Crippen molar-refractivity contribution in [3.8, 4) is 5.75 Å². The standard InChI is InChI=1S/C31H45N5O6S/c1-7-36(30(38)41-20-24-13-9-8-10-14-24)18-17-33-26(37)15-11-12-16-34-29(32)35-43(39,40)28-22(3)21(2)27-25(23(28)4)19-31(5,6)42-27/h8-10,13-14H,7,11-12,15-20H2,1-6H3,(H,33,37)(H3,32,34,35). The Kier molecular flexibility index (Phi) is 11.4. The highest BCUT2D eigenvalue weighted by Crippen LogP contribution is 2.43. The van der Waals surface area contributed by atoms with Crippen LogP contribution in [0.5, 0.6) is 5.75 Å². The first-order valence-corrected chi connectivity index (χ1v) is 16.1. The molecule has 0 saturated carbocycles. The average Bonchev–Trinajstić information content (AvgIpc) is 3.28. The van der Waals surface area contributed by atoms with E-state index in [1.807, 2.05) is 58.0 Å². The Labute approximate surface area is 255 Å². The minimum absolute atomic E-state index is 0.142. The molecule has 2 aromatic carbocycles. The van der Waals surface area contributed by atoms with E-state index in [4.69, 9.17) is 15.2 Å². The molecule has 11 nitrogen and oxygen atoms in total. The molecule has 0 aromatic heterocycles. The van der Waals surface area contributed by atoms with E-state index in [1.54, 1.807) is 13.8 Å². The van der Waals surface area contributed by atoms with Gasteiger partial charge in [0.2, 0.25) is 11.9 Å². The Bertz CT molecular complexity index is 1440. The largest absolute Gasteiger partial charge is 0.487 e. The minimum Gasteiger partial charge on any atom is -0.487 e. The van der Waals surface area contributed by atoms with E-state index in [-0.39, 0.29) is 36.3 Å². The Morgan fingerprint density at radius 2 is 1.79 bits per heavy atom. The van der Waals surface area contributed by atoms with Gasteiger partial charge in [-0.15, -0.1) is 0 Å². The number of amides is 2. The fourth-order valence-electron chi connectivity index (χ4n) is 5.07. The molecule has 0 bridgehead atoms. The van der Waals surface area contributed by atoms with Crippen molar-refractivity contribution in [3.63, 3.8) is 0 Å². The Hall–Kier alpha value is -3.80. The lowest BCUT2D eigenvalue weighted by atomic mass is 9.94. The van der Waals surface area contributed by atoms with Crippen LogP contribution in [0.1, 0.15) is 67.9 Å². The lowest BCUT2D eigenvalue weighted by Gasteiger charge is -2.20. The molecule has 43 heavy (non-hydrogen) atoms. The number of carbonyl (C=O) groups excluding carboxylic acids is 2. The summed E-state index contributed by atoms with van der Waals surface area (Å²) in [6, 6.07) is 9.43. The number of carbonyl (C=O) groups is 2. The number of nitrogens with two attached hydrogens (primary N) is 1. The van der Waals surface area contributed by atoms with E-state index in [9.17, 15) is 18.0 Å². The third-order valence-electron chi connectivity index (χ3n) is 7.44.